The largest absolute Gasteiger partial charge is 0.488 e. The minimum atomic E-state index is -3.51. The van der Waals surface area contributed by atoms with Crippen LogP contribution in [-0.2, 0) is 10.0 Å². The number of anilines is 1. The van der Waals surface area contributed by atoms with Crippen LogP contribution in [0.5, 0.6) is 5.75 Å². The molecule has 1 saturated carbocycles. The molecule has 25 heavy (non-hydrogen) atoms. The number of hydrogen-bond donors (Lipinski definition) is 1. The molecule has 1 aromatic carbocycles. The summed E-state index contributed by atoms with van der Waals surface area (Å²) in [7, 11) is -3.51. The average molecular weight is 370 g/mol. The minimum Gasteiger partial charge on any atom is -0.488 e. The van der Waals surface area contributed by atoms with Crippen LogP contribution in [-0.4, -0.2) is 25.7 Å². The van der Waals surface area contributed by atoms with Gasteiger partial charge in [0.05, 0.1) is 22.9 Å². The Labute approximate surface area is 149 Å². The second-order valence-corrected chi connectivity index (χ2v) is 9.04. The van der Waals surface area contributed by atoms with Gasteiger partial charge < -0.3 is 4.74 Å². The molecule has 0 radical (unpaired) electrons. The number of sulfonamides is 1. The molecule has 0 aromatic heterocycles. The summed E-state index contributed by atoms with van der Waals surface area (Å²) in [5.74, 6) is 1.47. The first-order valence-electron chi connectivity index (χ1n) is 8.49. The fourth-order valence-electron chi connectivity index (χ4n) is 3.42. The second kappa shape index (κ2) is 7.59. The molecule has 0 amide bonds. The highest BCUT2D eigenvalue weighted by atomic mass is 32.2. The predicted molar refractivity (Wildman–Crippen MR) is 97.3 cm³/mol. The quantitative estimate of drug-likeness (QED) is 0.606. The van der Waals surface area contributed by atoms with Crippen molar-refractivity contribution in [2.75, 3.05) is 11.0 Å². The molecular formula is C17H26N2O5S. The Kier molecular flexibility index (Phi) is 5.92. The van der Waals surface area contributed by atoms with Crippen LogP contribution in [0.2, 0.25) is 0 Å². The molecule has 2 rings (SSSR count). The van der Waals surface area contributed by atoms with Crippen molar-refractivity contribution in [2.45, 2.75) is 46.1 Å². The number of nitrogens with one attached hydrogen (secondary N) is 1. The maximum Gasteiger partial charge on any atom is 0.273 e. The normalized spacial score (nSPS) is 24.1. The summed E-state index contributed by atoms with van der Waals surface area (Å²) in [5.41, 5.74) is 0.104. The zero-order valence-electron chi connectivity index (χ0n) is 15.1. The standard InChI is InChI=1S/C17H26N2O5S/c1-11(2)14-7-5-12(3)9-16(14)24-17-10-13(19(20)21)6-8-15(17)18-25(4,22)23/h6,8,10-12,14,16,18H,5,7,9H2,1-4H3. The highest BCUT2D eigenvalue weighted by Crippen LogP contribution is 2.39. The van der Waals surface area contributed by atoms with E-state index in [1.165, 1.54) is 18.2 Å². The second-order valence-electron chi connectivity index (χ2n) is 7.29. The van der Waals surface area contributed by atoms with E-state index in [9.17, 15) is 18.5 Å². The number of nitro groups is 1. The summed E-state index contributed by atoms with van der Waals surface area (Å²) in [6, 6.07) is 3.94. The topological polar surface area (TPSA) is 98.5 Å². The van der Waals surface area contributed by atoms with Crippen molar-refractivity contribution in [3.8, 4) is 5.75 Å². The van der Waals surface area contributed by atoms with Crippen molar-refractivity contribution in [3.63, 3.8) is 0 Å². The van der Waals surface area contributed by atoms with Gasteiger partial charge in [0, 0.05) is 6.07 Å². The van der Waals surface area contributed by atoms with Gasteiger partial charge in [-0.15, -0.1) is 0 Å². The maximum atomic E-state index is 11.6. The summed E-state index contributed by atoms with van der Waals surface area (Å²) in [6.07, 6.45) is 3.96. The Balaban J connectivity index is 2.36. The summed E-state index contributed by atoms with van der Waals surface area (Å²) < 4.78 is 31.7. The van der Waals surface area contributed by atoms with E-state index >= 15 is 0 Å². The van der Waals surface area contributed by atoms with Crippen molar-refractivity contribution >= 4 is 21.4 Å². The third kappa shape index (κ3) is 5.32. The molecule has 0 aliphatic heterocycles. The first-order chi connectivity index (χ1) is 11.6. The maximum absolute atomic E-state index is 11.6. The highest BCUT2D eigenvalue weighted by molar-refractivity contribution is 7.92. The van der Waals surface area contributed by atoms with Crippen molar-refractivity contribution < 1.29 is 18.1 Å². The van der Waals surface area contributed by atoms with Crippen molar-refractivity contribution in [1.29, 1.82) is 0 Å². The van der Waals surface area contributed by atoms with Gasteiger partial charge in [-0.05, 0) is 36.7 Å². The van der Waals surface area contributed by atoms with Crippen LogP contribution >= 0.6 is 0 Å². The summed E-state index contributed by atoms with van der Waals surface area (Å²) in [4.78, 5) is 10.6. The molecule has 1 aliphatic rings. The molecule has 1 fully saturated rings. The molecule has 0 spiro atoms. The molecule has 3 atom stereocenters. The fourth-order valence-corrected chi connectivity index (χ4v) is 3.99. The van der Waals surface area contributed by atoms with Crippen molar-refractivity contribution in [3.05, 3.63) is 28.3 Å². The Morgan fingerprint density at radius 1 is 1.32 bits per heavy atom. The molecular weight excluding hydrogens is 344 g/mol. The van der Waals surface area contributed by atoms with E-state index in [0.717, 1.165) is 25.5 Å². The van der Waals surface area contributed by atoms with Gasteiger partial charge in [0.15, 0.2) is 5.75 Å². The van der Waals surface area contributed by atoms with Crippen LogP contribution in [0.15, 0.2) is 18.2 Å². The van der Waals surface area contributed by atoms with Gasteiger partial charge in [0.25, 0.3) is 5.69 Å². The molecule has 0 bridgehead atoms. The first kappa shape index (κ1) is 19.5. The smallest absolute Gasteiger partial charge is 0.273 e. The number of rotatable bonds is 6. The van der Waals surface area contributed by atoms with E-state index in [0.29, 0.717) is 17.8 Å². The number of benzene rings is 1. The van der Waals surface area contributed by atoms with E-state index in [1.54, 1.807) is 0 Å². The third-order valence-electron chi connectivity index (χ3n) is 4.71. The monoisotopic (exact) mass is 370 g/mol. The van der Waals surface area contributed by atoms with Crippen LogP contribution in [0, 0.1) is 27.9 Å². The SMILES string of the molecule is CC1CCC(C(C)C)C(Oc2cc([N+](=O)[O-])ccc2NS(C)(=O)=O)C1. The first-order valence-corrected chi connectivity index (χ1v) is 10.4. The van der Waals surface area contributed by atoms with Gasteiger partial charge in [-0.3, -0.25) is 14.8 Å². The number of nitrogens with zero attached hydrogens (tertiary/aromatic N) is 1. The van der Waals surface area contributed by atoms with Crippen molar-refractivity contribution in [2.24, 2.45) is 17.8 Å². The van der Waals surface area contributed by atoms with E-state index in [4.69, 9.17) is 4.74 Å². The Hall–Kier alpha value is -1.83. The summed E-state index contributed by atoms with van der Waals surface area (Å²) >= 11 is 0. The van der Waals surface area contributed by atoms with Gasteiger partial charge in [0.1, 0.15) is 6.10 Å². The Morgan fingerprint density at radius 3 is 2.56 bits per heavy atom. The Morgan fingerprint density at radius 2 is 2.00 bits per heavy atom. The number of nitro benzene ring substituents is 1. The molecule has 7 nitrogen and oxygen atoms in total. The molecule has 0 saturated heterocycles. The van der Waals surface area contributed by atoms with Crippen LogP contribution in [0.25, 0.3) is 0 Å². The lowest BCUT2D eigenvalue weighted by Gasteiger charge is -2.37. The minimum absolute atomic E-state index is 0.0918. The van der Waals surface area contributed by atoms with Crippen LogP contribution in [0.4, 0.5) is 11.4 Å². The van der Waals surface area contributed by atoms with Crippen LogP contribution in [0.3, 0.4) is 0 Å². The highest BCUT2D eigenvalue weighted by Gasteiger charge is 2.33. The van der Waals surface area contributed by atoms with Gasteiger partial charge >= 0.3 is 0 Å². The van der Waals surface area contributed by atoms with Crippen LogP contribution in [0.1, 0.15) is 40.0 Å². The summed E-state index contributed by atoms with van der Waals surface area (Å²) in [6.45, 7) is 6.44. The number of hydrogen-bond acceptors (Lipinski definition) is 5. The molecule has 1 aromatic rings. The number of ether oxygens (including phenoxy) is 1. The molecule has 1 N–H and O–H groups in total. The molecule has 140 valence electrons. The Bertz CT molecular complexity index is 733. The van der Waals surface area contributed by atoms with Gasteiger partial charge in [-0.1, -0.05) is 27.2 Å². The van der Waals surface area contributed by atoms with E-state index < -0.39 is 14.9 Å². The lowest BCUT2D eigenvalue weighted by molar-refractivity contribution is -0.384. The predicted octanol–water partition coefficient (Wildman–Crippen LogP) is 3.81. The molecule has 3 unspecified atom stereocenters. The lowest BCUT2D eigenvalue weighted by Crippen LogP contribution is -2.36. The molecule has 8 heteroatoms. The fraction of sp³-hybridized carbons (Fsp3) is 0.647. The molecule has 0 heterocycles. The number of non-ortho nitro benzene ring substituents is 1. The summed E-state index contributed by atoms with van der Waals surface area (Å²) in [5, 5.41) is 11.1. The molecule has 1 aliphatic carbocycles. The lowest BCUT2D eigenvalue weighted by atomic mass is 9.75. The van der Waals surface area contributed by atoms with Crippen LogP contribution < -0.4 is 9.46 Å². The van der Waals surface area contributed by atoms with Crippen molar-refractivity contribution in [1.82, 2.24) is 0 Å². The van der Waals surface area contributed by atoms with Gasteiger partial charge in [0.2, 0.25) is 10.0 Å². The van der Waals surface area contributed by atoms with E-state index in [2.05, 4.69) is 25.5 Å². The zero-order chi connectivity index (χ0) is 18.8. The van der Waals surface area contributed by atoms with Gasteiger partial charge in [-0.25, -0.2) is 8.42 Å². The van der Waals surface area contributed by atoms with Gasteiger partial charge in [-0.2, -0.15) is 0 Å². The zero-order valence-corrected chi connectivity index (χ0v) is 15.9. The van der Waals surface area contributed by atoms with E-state index in [1.807, 2.05) is 0 Å². The van der Waals surface area contributed by atoms with E-state index in [-0.39, 0.29) is 23.2 Å². The average Bonchev–Trinajstić information content (AvgIpc) is 2.47. The third-order valence-corrected chi connectivity index (χ3v) is 5.30.